The number of carbonyl (C=O) groups excluding carboxylic acids is 2. The third-order valence-corrected chi connectivity index (χ3v) is 2.09. The highest BCUT2D eigenvalue weighted by atomic mass is 19.2. The molecule has 1 aromatic rings. The molecule has 0 spiro atoms. The second-order valence-corrected chi connectivity index (χ2v) is 3.25. The average Bonchev–Trinajstić information content (AvgIpc) is 2.31. The lowest BCUT2D eigenvalue weighted by atomic mass is 10.1. The number of ether oxygens (including phenoxy) is 1. The van der Waals surface area contributed by atoms with Crippen molar-refractivity contribution in [2.75, 3.05) is 7.11 Å². The molecule has 1 rings (SSSR count). The molecule has 0 amide bonds. The van der Waals surface area contributed by atoms with Gasteiger partial charge in [0.2, 0.25) is 0 Å². The lowest BCUT2D eigenvalue weighted by Gasteiger charge is -2.02. The van der Waals surface area contributed by atoms with Crippen LogP contribution < -0.4 is 0 Å². The molecule has 0 N–H and O–H groups in total. The molecule has 0 bridgehead atoms. The predicted octanol–water partition coefficient (Wildman–Crippen LogP) is 2.24. The molecule has 0 heterocycles. The molecule has 0 radical (unpaired) electrons. The predicted molar refractivity (Wildman–Crippen MR) is 51.9 cm³/mol. The molecule has 1 aromatic carbocycles. The Labute approximate surface area is 95.2 Å². The highest BCUT2D eigenvalue weighted by molar-refractivity contribution is 5.97. The van der Waals surface area contributed by atoms with E-state index >= 15 is 0 Å². The molecular weight excluding hydrogens is 237 g/mol. The minimum absolute atomic E-state index is 0.198. The topological polar surface area (TPSA) is 43.4 Å². The van der Waals surface area contributed by atoms with Gasteiger partial charge in [0.05, 0.1) is 13.5 Å². The highest BCUT2D eigenvalue weighted by Gasteiger charge is 2.15. The van der Waals surface area contributed by atoms with Crippen molar-refractivity contribution in [1.82, 2.24) is 0 Å². The van der Waals surface area contributed by atoms with Gasteiger partial charge < -0.3 is 4.74 Å². The Hall–Kier alpha value is -1.85. The highest BCUT2D eigenvalue weighted by Crippen LogP contribution is 2.15. The van der Waals surface area contributed by atoms with Crippen molar-refractivity contribution in [1.29, 1.82) is 0 Å². The maximum atomic E-state index is 12.8. The molecule has 3 nitrogen and oxygen atoms in total. The van der Waals surface area contributed by atoms with E-state index in [1.165, 1.54) is 0 Å². The lowest BCUT2D eigenvalue weighted by Crippen LogP contribution is -2.07. The van der Waals surface area contributed by atoms with Gasteiger partial charge in [0, 0.05) is 12.0 Å². The van der Waals surface area contributed by atoms with Crippen molar-refractivity contribution in [3.63, 3.8) is 0 Å². The fraction of sp³-hybridized carbons (Fsp3) is 0.273. The van der Waals surface area contributed by atoms with Crippen LogP contribution in [0.5, 0.6) is 0 Å². The van der Waals surface area contributed by atoms with E-state index < -0.39 is 29.2 Å². The van der Waals surface area contributed by atoms with Gasteiger partial charge in [-0.05, 0) is 12.1 Å². The fourth-order valence-corrected chi connectivity index (χ4v) is 1.18. The molecule has 0 aliphatic rings. The molecule has 17 heavy (non-hydrogen) atoms. The maximum absolute atomic E-state index is 12.8. The molecule has 0 saturated carbocycles. The Morgan fingerprint density at radius 1 is 1.12 bits per heavy atom. The summed E-state index contributed by atoms with van der Waals surface area (Å²) in [6.45, 7) is 0. The van der Waals surface area contributed by atoms with E-state index in [0.29, 0.717) is 12.1 Å². The summed E-state index contributed by atoms with van der Waals surface area (Å²) in [5, 5.41) is 0. The first kappa shape index (κ1) is 13.2. The van der Waals surface area contributed by atoms with Gasteiger partial charge in [0.25, 0.3) is 0 Å². The summed E-state index contributed by atoms with van der Waals surface area (Å²) in [5.41, 5.74) is -0.315. The zero-order valence-electron chi connectivity index (χ0n) is 8.93. The number of carbonyl (C=O) groups is 2. The molecule has 6 heteroatoms. The van der Waals surface area contributed by atoms with Gasteiger partial charge in [-0.15, -0.1) is 0 Å². The zero-order chi connectivity index (χ0) is 13.0. The fourth-order valence-electron chi connectivity index (χ4n) is 1.18. The summed E-state index contributed by atoms with van der Waals surface area (Å²) in [6.07, 6.45) is -0.451. The summed E-state index contributed by atoms with van der Waals surface area (Å²) >= 11 is 0. The second kappa shape index (κ2) is 5.47. The number of hydrogen-bond acceptors (Lipinski definition) is 3. The lowest BCUT2D eigenvalue weighted by molar-refractivity contribution is -0.140. The number of methoxy groups -OCH3 is 1. The Kier molecular flexibility index (Phi) is 4.25. The molecule has 0 fully saturated rings. The summed E-state index contributed by atoms with van der Waals surface area (Å²) in [4.78, 5) is 22.2. The first-order valence-electron chi connectivity index (χ1n) is 4.70. The van der Waals surface area contributed by atoms with Crippen molar-refractivity contribution >= 4 is 11.8 Å². The van der Waals surface area contributed by atoms with Gasteiger partial charge in [-0.1, -0.05) is 0 Å². The van der Waals surface area contributed by atoms with Crippen molar-refractivity contribution in [3.8, 4) is 0 Å². The van der Waals surface area contributed by atoms with E-state index in [1.807, 2.05) is 0 Å². The van der Waals surface area contributed by atoms with Crippen LogP contribution in [0.3, 0.4) is 0 Å². The van der Waals surface area contributed by atoms with E-state index in [0.717, 1.165) is 7.11 Å². The van der Waals surface area contributed by atoms with E-state index in [1.54, 1.807) is 0 Å². The monoisotopic (exact) mass is 246 g/mol. The minimum Gasteiger partial charge on any atom is -0.469 e. The number of Topliss-reactive ketones (excluding diaryl/α,β-unsaturated/α-hetero) is 1. The number of rotatable bonds is 4. The number of esters is 1. The third-order valence-electron chi connectivity index (χ3n) is 2.09. The van der Waals surface area contributed by atoms with Crippen LogP contribution in [-0.2, 0) is 9.53 Å². The Bertz CT molecular complexity index is 434. The number of benzene rings is 1. The van der Waals surface area contributed by atoms with E-state index in [2.05, 4.69) is 4.74 Å². The van der Waals surface area contributed by atoms with Crippen LogP contribution in [0, 0.1) is 17.5 Å². The Balaban J connectivity index is 2.80. The van der Waals surface area contributed by atoms with Gasteiger partial charge in [-0.3, -0.25) is 9.59 Å². The smallest absolute Gasteiger partial charge is 0.305 e. The Morgan fingerprint density at radius 2 is 1.65 bits per heavy atom. The number of ketones is 1. The normalized spacial score (nSPS) is 10.1. The molecule has 0 unspecified atom stereocenters. The first-order valence-corrected chi connectivity index (χ1v) is 4.70. The Morgan fingerprint density at radius 3 is 2.12 bits per heavy atom. The molecule has 0 aromatic heterocycles. The second-order valence-electron chi connectivity index (χ2n) is 3.25. The summed E-state index contributed by atoms with van der Waals surface area (Å²) in [6, 6.07) is 1.19. The summed E-state index contributed by atoms with van der Waals surface area (Å²) < 4.78 is 42.5. The largest absolute Gasteiger partial charge is 0.469 e. The number of hydrogen-bond donors (Lipinski definition) is 0. The molecule has 0 aliphatic heterocycles. The van der Waals surface area contributed by atoms with Gasteiger partial charge in [-0.25, -0.2) is 13.2 Å². The van der Waals surface area contributed by atoms with Gasteiger partial charge >= 0.3 is 5.97 Å². The van der Waals surface area contributed by atoms with Crippen LogP contribution in [0.4, 0.5) is 13.2 Å². The van der Waals surface area contributed by atoms with E-state index in [9.17, 15) is 22.8 Å². The van der Waals surface area contributed by atoms with E-state index in [4.69, 9.17) is 0 Å². The molecular formula is C11H9F3O3. The molecule has 0 aliphatic carbocycles. The van der Waals surface area contributed by atoms with Crippen LogP contribution in [-0.4, -0.2) is 18.9 Å². The van der Waals surface area contributed by atoms with Crippen LogP contribution >= 0.6 is 0 Å². The van der Waals surface area contributed by atoms with Crippen molar-refractivity contribution in [2.45, 2.75) is 12.8 Å². The standard InChI is InChI=1S/C11H9F3O3/c1-17-10(16)3-2-9(15)6-4-7(12)11(14)8(13)5-6/h4-5H,2-3H2,1H3. The maximum Gasteiger partial charge on any atom is 0.305 e. The molecule has 0 atom stereocenters. The minimum atomic E-state index is -1.63. The first-order chi connectivity index (χ1) is 7.95. The van der Waals surface area contributed by atoms with Gasteiger partial charge in [0.1, 0.15) is 0 Å². The van der Waals surface area contributed by atoms with Crippen LogP contribution in [0.1, 0.15) is 23.2 Å². The summed E-state index contributed by atoms with van der Waals surface area (Å²) in [5.74, 6) is -5.78. The van der Waals surface area contributed by atoms with Crippen molar-refractivity contribution in [2.24, 2.45) is 0 Å². The van der Waals surface area contributed by atoms with Crippen LogP contribution in [0.15, 0.2) is 12.1 Å². The SMILES string of the molecule is COC(=O)CCC(=O)c1cc(F)c(F)c(F)c1. The van der Waals surface area contributed by atoms with Gasteiger partial charge in [0.15, 0.2) is 23.2 Å². The van der Waals surface area contributed by atoms with Crippen LogP contribution in [0.25, 0.3) is 0 Å². The zero-order valence-corrected chi connectivity index (χ0v) is 8.93. The van der Waals surface area contributed by atoms with E-state index in [-0.39, 0.29) is 18.4 Å². The van der Waals surface area contributed by atoms with Gasteiger partial charge in [-0.2, -0.15) is 0 Å². The van der Waals surface area contributed by atoms with Crippen molar-refractivity contribution < 1.29 is 27.5 Å². The summed E-state index contributed by atoms with van der Waals surface area (Å²) in [7, 11) is 1.16. The molecule has 92 valence electrons. The van der Waals surface area contributed by atoms with Crippen molar-refractivity contribution in [3.05, 3.63) is 35.1 Å². The number of halogens is 3. The quantitative estimate of drug-likeness (QED) is 0.465. The average molecular weight is 246 g/mol. The third kappa shape index (κ3) is 3.30. The molecule has 0 saturated heterocycles. The van der Waals surface area contributed by atoms with Crippen LogP contribution in [0.2, 0.25) is 0 Å².